The third-order valence-electron chi connectivity index (χ3n) is 3.88. The van der Waals surface area contributed by atoms with Crippen LogP contribution in [-0.4, -0.2) is 27.7 Å². The molecule has 1 fully saturated rings. The Balaban J connectivity index is 1.84. The summed E-state index contributed by atoms with van der Waals surface area (Å²) < 4.78 is 37.6. The predicted molar refractivity (Wildman–Crippen MR) is 86.9 cm³/mol. The van der Waals surface area contributed by atoms with Gasteiger partial charge in [-0.3, -0.25) is 0 Å². The highest BCUT2D eigenvalue weighted by Crippen LogP contribution is 2.31. The molecule has 126 valence electrons. The Labute approximate surface area is 140 Å². The van der Waals surface area contributed by atoms with Crippen molar-refractivity contribution in [2.45, 2.75) is 17.4 Å². The summed E-state index contributed by atoms with van der Waals surface area (Å²) >= 11 is 0. The zero-order chi connectivity index (χ0) is 17.2. The molecular formula is C17H17NO5S. The highest BCUT2D eigenvalue weighted by Gasteiger charge is 2.44. The van der Waals surface area contributed by atoms with Gasteiger partial charge in [-0.1, -0.05) is 48.0 Å². The van der Waals surface area contributed by atoms with Crippen LogP contribution in [0.2, 0.25) is 0 Å². The summed E-state index contributed by atoms with van der Waals surface area (Å²) in [6, 6.07) is 15.4. The third-order valence-corrected chi connectivity index (χ3v) is 5.30. The number of hydrogen-bond donors (Lipinski definition) is 1. The molecular weight excluding hydrogens is 330 g/mol. The molecule has 1 heterocycles. The van der Waals surface area contributed by atoms with Crippen LogP contribution in [0, 0.1) is 6.92 Å². The lowest BCUT2D eigenvalue weighted by Gasteiger charge is -2.25. The summed E-state index contributed by atoms with van der Waals surface area (Å²) in [5.41, 5.74) is 0.464. The maximum absolute atomic E-state index is 12.5. The quantitative estimate of drug-likeness (QED) is 0.840. The van der Waals surface area contributed by atoms with E-state index in [-0.39, 0.29) is 18.0 Å². The molecule has 1 saturated heterocycles. The molecule has 0 bridgehead atoms. The summed E-state index contributed by atoms with van der Waals surface area (Å²) in [4.78, 5) is 11.6. The number of hydrogen-bond acceptors (Lipinski definition) is 5. The number of sulfonamides is 1. The lowest BCUT2D eigenvalue weighted by molar-refractivity contribution is 0.0582. The molecule has 0 aromatic heterocycles. The first-order valence-electron chi connectivity index (χ1n) is 7.39. The van der Waals surface area contributed by atoms with Gasteiger partial charge in [0.15, 0.2) is 5.60 Å². The highest BCUT2D eigenvalue weighted by atomic mass is 32.2. The molecule has 0 saturated carbocycles. The van der Waals surface area contributed by atoms with Crippen molar-refractivity contribution in [2.75, 3.05) is 13.2 Å². The number of benzene rings is 2. The average Bonchev–Trinajstić information content (AvgIpc) is 2.97. The van der Waals surface area contributed by atoms with Crippen LogP contribution in [0.15, 0.2) is 59.5 Å². The highest BCUT2D eigenvalue weighted by molar-refractivity contribution is 7.89. The normalized spacial score (nSPS) is 20.5. The fourth-order valence-electron chi connectivity index (χ4n) is 2.48. The first-order chi connectivity index (χ1) is 11.4. The minimum absolute atomic E-state index is 0.0493. The van der Waals surface area contributed by atoms with E-state index in [0.717, 1.165) is 5.56 Å². The Hall–Kier alpha value is -2.38. The molecule has 2 aromatic carbocycles. The van der Waals surface area contributed by atoms with Gasteiger partial charge in [-0.25, -0.2) is 17.9 Å². The van der Waals surface area contributed by atoms with Crippen LogP contribution >= 0.6 is 0 Å². The van der Waals surface area contributed by atoms with Crippen molar-refractivity contribution in [3.63, 3.8) is 0 Å². The van der Waals surface area contributed by atoms with Crippen LogP contribution in [0.1, 0.15) is 11.1 Å². The van der Waals surface area contributed by atoms with Crippen LogP contribution in [-0.2, 0) is 25.1 Å². The SMILES string of the molecule is Cc1ccc(S(=O)(=O)NCC2(c3ccccc3)COC(=O)O2)cc1. The zero-order valence-electron chi connectivity index (χ0n) is 13.1. The summed E-state index contributed by atoms with van der Waals surface area (Å²) in [6.45, 7) is 1.72. The van der Waals surface area contributed by atoms with E-state index in [1.807, 2.05) is 13.0 Å². The maximum atomic E-state index is 12.5. The molecule has 0 amide bonds. The number of ether oxygens (including phenoxy) is 2. The van der Waals surface area contributed by atoms with Gasteiger partial charge in [0.1, 0.15) is 6.61 Å². The largest absolute Gasteiger partial charge is 0.509 e. The Kier molecular flexibility index (Phi) is 4.29. The molecule has 1 aliphatic heterocycles. The van der Waals surface area contributed by atoms with E-state index < -0.39 is 21.8 Å². The molecule has 7 heteroatoms. The monoisotopic (exact) mass is 347 g/mol. The van der Waals surface area contributed by atoms with Crippen molar-refractivity contribution in [3.8, 4) is 0 Å². The molecule has 1 aliphatic rings. The Morgan fingerprint density at radius 1 is 1.08 bits per heavy atom. The van der Waals surface area contributed by atoms with E-state index in [2.05, 4.69) is 4.72 Å². The number of nitrogens with one attached hydrogen (secondary N) is 1. The molecule has 1 N–H and O–H groups in total. The van der Waals surface area contributed by atoms with Crippen LogP contribution in [0.4, 0.5) is 4.79 Å². The maximum Gasteiger partial charge on any atom is 0.509 e. The molecule has 0 radical (unpaired) electrons. The summed E-state index contributed by atoms with van der Waals surface area (Å²) in [5.74, 6) is 0. The van der Waals surface area contributed by atoms with Crippen LogP contribution < -0.4 is 4.72 Å². The predicted octanol–water partition coefficient (Wildman–Crippen LogP) is 2.34. The minimum atomic E-state index is -3.72. The molecule has 1 atom stereocenters. The molecule has 1 unspecified atom stereocenters. The van der Waals surface area contributed by atoms with E-state index in [9.17, 15) is 13.2 Å². The summed E-state index contributed by atoms with van der Waals surface area (Å²) in [5, 5.41) is 0. The van der Waals surface area contributed by atoms with Crippen molar-refractivity contribution >= 4 is 16.2 Å². The van der Waals surface area contributed by atoms with Gasteiger partial charge in [0.2, 0.25) is 10.0 Å². The minimum Gasteiger partial charge on any atom is -0.430 e. The first kappa shape index (κ1) is 16.5. The Morgan fingerprint density at radius 2 is 1.75 bits per heavy atom. The second kappa shape index (κ2) is 6.26. The second-order valence-corrected chi connectivity index (χ2v) is 7.41. The molecule has 2 aromatic rings. The van der Waals surface area contributed by atoms with Gasteiger partial charge in [0.25, 0.3) is 0 Å². The zero-order valence-corrected chi connectivity index (χ0v) is 13.9. The van der Waals surface area contributed by atoms with E-state index in [4.69, 9.17) is 9.47 Å². The van der Waals surface area contributed by atoms with Gasteiger partial charge in [-0.05, 0) is 19.1 Å². The van der Waals surface area contributed by atoms with Crippen LogP contribution in [0.5, 0.6) is 0 Å². The summed E-state index contributed by atoms with van der Waals surface area (Å²) in [7, 11) is -3.72. The van der Waals surface area contributed by atoms with Gasteiger partial charge in [-0.15, -0.1) is 0 Å². The number of cyclic esters (lactones) is 2. The summed E-state index contributed by atoms with van der Waals surface area (Å²) in [6.07, 6.45) is -0.812. The topological polar surface area (TPSA) is 81.7 Å². The lowest BCUT2D eigenvalue weighted by Crippen LogP contribution is -2.42. The van der Waals surface area contributed by atoms with E-state index in [0.29, 0.717) is 5.56 Å². The van der Waals surface area contributed by atoms with Crippen molar-refractivity contribution < 1.29 is 22.7 Å². The van der Waals surface area contributed by atoms with Crippen molar-refractivity contribution in [2.24, 2.45) is 0 Å². The number of carbonyl (C=O) groups excluding carboxylic acids is 1. The van der Waals surface area contributed by atoms with Crippen molar-refractivity contribution in [1.29, 1.82) is 0 Å². The van der Waals surface area contributed by atoms with Crippen LogP contribution in [0.25, 0.3) is 0 Å². The molecule has 0 spiro atoms. The number of rotatable bonds is 5. The molecule has 6 nitrogen and oxygen atoms in total. The Morgan fingerprint density at radius 3 is 2.33 bits per heavy atom. The van der Waals surface area contributed by atoms with Gasteiger partial charge >= 0.3 is 6.16 Å². The van der Waals surface area contributed by atoms with Crippen molar-refractivity contribution in [3.05, 3.63) is 65.7 Å². The fourth-order valence-corrected chi connectivity index (χ4v) is 3.56. The van der Waals surface area contributed by atoms with Gasteiger partial charge in [-0.2, -0.15) is 0 Å². The fraction of sp³-hybridized carbons (Fsp3) is 0.235. The Bertz CT molecular complexity index is 833. The third kappa shape index (κ3) is 3.27. The molecule has 24 heavy (non-hydrogen) atoms. The van der Waals surface area contributed by atoms with E-state index in [1.54, 1.807) is 36.4 Å². The van der Waals surface area contributed by atoms with Gasteiger partial charge in [0.05, 0.1) is 11.4 Å². The lowest BCUT2D eigenvalue weighted by atomic mass is 9.95. The number of aryl methyl sites for hydroxylation is 1. The first-order valence-corrected chi connectivity index (χ1v) is 8.87. The smallest absolute Gasteiger partial charge is 0.430 e. The van der Waals surface area contributed by atoms with E-state index >= 15 is 0 Å². The van der Waals surface area contributed by atoms with Crippen LogP contribution in [0.3, 0.4) is 0 Å². The standard InChI is InChI=1S/C17H17NO5S/c1-13-7-9-15(10-8-13)24(20,21)18-11-17(12-22-16(19)23-17)14-5-3-2-4-6-14/h2-10,18H,11-12H2,1H3. The molecule has 3 rings (SSSR count). The number of carbonyl (C=O) groups is 1. The second-order valence-electron chi connectivity index (χ2n) is 5.64. The van der Waals surface area contributed by atoms with Gasteiger partial charge < -0.3 is 9.47 Å². The average molecular weight is 347 g/mol. The van der Waals surface area contributed by atoms with E-state index in [1.165, 1.54) is 12.1 Å². The van der Waals surface area contributed by atoms with Crippen molar-refractivity contribution in [1.82, 2.24) is 4.72 Å². The van der Waals surface area contributed by atoms with Gasteiger partial charge in [0, 0.05) is 5.56 Å². The molecule has 0 aliphatic carbocycles.